The number of hydrogen-bond acceptors (Lipinski definition) is 3. The Labute approximate surface area is 107 Å². The van der Waals surface area contributed by atoms with Crippen molar-refractivity contribution in [3.8, 4) is 0 Å². The van der Waals surface area contributed by atoms with E-state index in [1.807, 2.05) is 18.2 Å². The molecule has 1 aromatic heterocycles. The molecule has 94 valence electrons. The molecule has 0 amide bonds. The normalized spacial score (nSPS) is 10.5. The number of nitrogens with zero attached hydrogens (tertiary/aromatic N) is 2. The van der Waals surface area contributed by atoms with Gasteiger partial charge in [-0.2, -0.15) is 0 Å². The van der Waals surface area contributed by atoms with E-state index in [9.17, 15) is 0 Å². The van der Waals surface area contributed by atoms with Crippen LogP contribution < -0.4 is 0 Å². The number of rotatable bonds is 5. The van der Waals surface area contributed by atoms with Crippen LogP contribution >= 0.6 is 12.4 Å². The van der Waals surface area contributed by atoms with Crippen LogP contribution in [0.3, 0.4) is 0 Å². The third-order valence-corrected chi connectivity index (χ3v) is 2.53. The molecule has 0 saturated carbocycles. The smallest absolute Gasteiger partial charge is 0.136 e. The summed E-state index contributed by atoms with van der Waals surface area (Å²) in [6.45, 7) is 2.01. The van der Waals surface area contributed by atoms with E-state index >= 15 is 0 Å². The molecule has 0 radical (unpaired) electrons. The van der Waals surface area contributed by atoms with Crippen LogP contribution in [0.25, 0.3) is 11.0 Å². The van der Waals surface area contributed by atoms with Gasteiger partial charge in [0.2, 0.25) is 0 Å². The van der Waals surface area contributed by atoms with E-state index < -0.39 is 0 Å². The highest BCUT2D eigenvalue weighted by atomic mass is 35.5. The summed E-state index contributed by atoms with van der Waals surface area (Å²) in [7, 11) is 3.38. The summed E-state index contributed by atoms with van der Waals surface area (Å²) in [5.41, 5.74) is 2.14. The van der Waals surface area contributed by atoms with Crippen molar-refractivity contribution in [2.75, 3.05) is 20.8 Å². The minimum Gasteiger partial charge on any atom is -0.383 e. The molecule has 0 aliphatic heterocycles. The van der Waals surface area contributed by atoms with Gasteiger partial charge in [0, 0.05) is 20.8 Å². The topological polar surface area (TPSA) is 36.3 Å². The third-order valence-electron chi connectivity index (χ3n) is 2.53. The van der Waals surface area contributed by atoms with Crippen LogP contribution in [-0.4, -0.2) is 30.4 Å². The lowest BCUT2D eigenvalue weighted by atomic mass is 10.3. The van der Waals surface area contributed by atoms with E-state index in [0.29, 0.717) is 13.2 Å². The van der Waals surface area contributed by atoms with Gasteiger partial charge in [0.25, 0.3) is 0 Å². The highest BCUT2D eigenvalue weighted by Gasteiger charge is 2.09. The predicted molar refractivity (Wildman–Crippen MR) is 69.6 cm³/mol. The zero-order chi connectivity index (χ0) is 11.4. The number of aromatic nitrogens is 2. The SMILES string of the molecule is COCCn1c(COC)nc2ccccc21.Cl. The number of ether oxygens (including phenoxy) is 2. The molecule has 0 N–H and O–H groups in total. The number of imidazole rings is 1. The summed E-state index contributed by atoms with van der Waals surface area (Å²) in [6, 6.07) is 8.09. The maximum absolute atomic E-state index is 5.15. The van der Waals surface area contributed by atoms with E-state index in [1.54, 1.807) is 14.2 Å². The second-order valence-electron chi connectivity index (χ2n) is 3.59. The van der Waals surface area contributed by atoms with Crippen molar-refractivity contribution in [1.29, 1.82) is 0 Å². The van der Waals surface area contributed by atoms with Crippen molar-refractivity contribution < 1.29 is 9.47 Å². The summed E-state index contributed by atoms with van der Waals surface area (Å²) in [6.07, 6.45) is 0. The zero-order valence-corrected chi connectivity index (χ0v) is 10.9. The average molecular weight is 257 g/mol. The van der Waals surface area contributed by atoms with E-state index in [1.165, 1.54) is 0 Å². The van der Waals surface area contributed by atoms with Crippen molar-refractivity contribution in [1.82, 2.24) is 9.55 Å². The molecule has 1 aromatic carbocycles. The number of benzene rings is 1. The zero-order valence-electron chi connectivity index (χ0n) is 10.0. The first kappa shape index (κ1) is 14.0. The van der Waals surface area contributed by atoms with Gasteiger partial charge in [0.05, 0.1) is 17.6 Å². The van der Waals surface area contributed by atoms with Crippen LogP contribution in [0, 0.1) is 0 Å². The molecule has 4 nitrogen and oxygen atoms in total. The van der Waals surface area contributed by atoms with E-state index in [2.05, 4.69) is 15.6 Å². The Morgan fingerprint density at radius 3 is 2.65 bits per heavy atom. The minimum atomic E-state index is 0. The fourth-order valence-electron chi connectivity index (χ4n) is 1.80. The van der Waals surface area contributed by atoms with Gasteiger partial charge in [-0.3, -0.25) is 0 Å². The van der Waals surface area contributed by atoms with Gasteiger partial charge >= 0.3 is 0 Å². The lowest BCUT2D eigenvalue weighted by Gasteiger charge is -2.07. The summed E-state index contributed by atoms with van der Waals surface area (Å²) < 4.78 is 12.4. The van der Waals surface area contributed by atoms with Crippen LogP contribution in [0.2, 0.25) is 0 Å². The van der Waals surface area contributed by atoms with Gasteiger partial charge < -0.3 is 14.0 Å². The Balaban J connectivity index is 0.00000144. The van der Waals surface area contributed by atoms with Crippen LogP contribution in [0.5, 0.6) is 0 Å². The van der Waals surface area contributed by atoms with Crippen LogP contribution in [-0.2, 0) is 22.6 Å². The first-order chi connectivity index (χ1) is 7.86. The van der Waals surface area contributed by atoms with Crippen LogP contribution in [0.1, 0.15) is 5.82 Å². The fourth-order valence-corrected chi connectivity index (χ4v) is 1.80. The maximum atomic E-state index is 5.15. The molecule has 0 spiro atoms. The molecule has 0 unspecified atom stereocenters. The molecule has 0 saturated heterocycles. The minimum absolute atomic E-state index is 0. The number of halogens is 1. The van der Waals surface area contributed by atoms with Gasteiger partial charge in [-0.1, -0.05) is 12.1 Å². The number of hydrogen-bond donors (Lipinski definition) is 0. The summed E-state index contributed by atoms with van der Waals surface area (Å²) in [4.78, 5) is 4.54. The standard InChI is InChI=1S/C12H16N2O2.ClH/c1-15-8-7-14-11-6-4-3-5-10(11)13-12(14)9-16-2;/h3-6H,7-9H2,1-2H3;1H. The van der Waals surface area contributed by atoms with E-state index in [-0.39, 0.29) is 12.4 Å². The molecule has 0 aliphatic carbocycles. The first-order valence-corrected chi connectivity index (χ1v) is 5.29. The molecule has 0 bridgehead atoms. The second-order valence-corrected chi connectivity index (χ2v) is 3.59. The van der Waals surface area contributed by atoms with Gasteiger partial charge in [0.15, 0.2) is 0 Å². The molecule has 0 aliphatic rings. The lowest BCUT2D eigenvalue weighted by molar-refractivity contribution is 0.164. The molecular formula is C12H17ClN2O2. The van der Waals surface area contributed by atoms with Crippen molar-refractivity contribution in [2.24, 2.45) is 0 Å². The first-order valence-electron chi connectivity index (χ1n) is 5.29. The quantitative estimate of drug-likeness (QED) is 0.823. The monoisotopic (exact) mass is 256 g/mol. The number of methoxy groups -OCH3 is 2. The Bertz CT molecular complexity index is 470. The van der Waals surface area contributed by atoms with Crippen molar-refractivity contribution >= 4 is 23.4 Å². The largest absolute Gasteiger partial charge is 0.383 e. The molecule has 2 aromatic rings. The summed E-state index contributed by atoms with van der Waals surface area (Å²) >= 11 is 0. The third kappa shape index (κ3) is 2.97. The molecule has 17 heavy (non-hydrogen) atoms. The van der Waals surface area contributed by atoms with Crippen LogP contribution in [0.4, 0.5) is 0 Å². The Morgan fingerprint density at radius 2 is 1.94 bits per heavy atom. The average Bonchev–Trinajstić information content (AvgIpc) is 2.65. The molecule has 0 fully saturated rings. The molecule has 5 heteroatoms. The highest BCUT2D eigenvalue weighted by Crippen LogP contribution is 2.16. The molecular weight excluding hydrogens is 240 g/mol. The number of para-hydroxylation sites is 2. The van der Waals surface area contributed by atoms with Crippen molar-refractivity contribution in [3.05, 3.63) is 30.1 Å². The van der Waals surface area contributed by atoms with Gasteiger partial charge in [-0.25, -0.2) is 4.98 Å². The van der Waals surface area contributed by atoms with Gasteiger partial charge in [-0.15, -0.1) is 12.4 Å². The summed E-state index contributed by atoms with van der Waals surface area (Å²) in [5.74, 6) is 0.945. The Hall–Kier alpha value is -1.10. The van der Waals surface area contributed by atoms with Gasteiger partial charge in [0.1, 0.15) is 12.4 Å². The lowest BCUT2D eigenvalue weighted by Crippen LogP contribution is -2.08. The predicted octanol–water partition coefficient (Wildman–Crippen LogP) is 2.25. The van der Waals surface area contributed by atoms with E-state index in [0.717, 1.165) is 23.4 Å². The summed E-state index contributed by atoms with van der Waals surface area (Å²) in [5, 5.41) is 0. The fraction of sp³-hybridized carbons (Fsp3) is 0.417. The van der Waals surface area contributed by atoms with Crippen LogP contribution in [0.15, 0.2) is 24.3 Å². The second kappa shape index (κ2) is 6.59. The molecule has 1 heterocycles. The van der Waals surface area contributed by atoms with Crippen molar-refractivity contribution in [3.63, 3.8) is 0 Å². The van der Waals surface area contributed by atoms with Gasteiger partial charge in [-0.05, 0) is 12.1 Å². The van der Waals surface area contributed by atoms with Crippen molar-refractivity contribution in [2.45, 2.75) is 13.2 Å². The van der Waals surface area contributed by atoms with E-state index in [4.69, 9.17) is 9.47 Å². The Morgan fingerprint density at radius 1 is 1.18 bits per heavy atom. The molecule has 0 atom stereocenters. The maximum Gasteiger partial charge on any atom is 0.136 e. The highest BCUT2D eigenvalue weighted by molar-refractivity contribution is 5.85. The Kier molecular flexibility index (Phi) is 5.41. The number of fused-ring (bicyclic) bond motifs is 1. The molecule has 2 rings (SSSR count).